The molecule has 2 rings (SSSR count). The van der Waals surface area contributed by atoms with E-state index in [4.69, 9.17) is 4.52 Å². The van der Waals surface area contributed by atoms with Crippen LogP contribution >= 0.6 is 0 Å². The van der Waals surface area contributed by atoms with Gasteiger partial charge in [-0.25, -0.2) is 0 Å². The highest BCUT2D eigenvalue weighted by atomic mass is 16.5. The smallest absolute Gasteiger partial charge is 0.257 e. The van der Waals surface area contributed by atoms with E-state index in [1.807, 2.05) is 26.8 Å². The summed E-state index contributed by atoms with van der Waals surface area (Å²) in [4.78, 5) is 4.17. The van der Waals surface area contributed by atoms with Crippen LogP contribution < -0.4 is 0 Å². The van der Waals surface area contributed by atoms with Gasteiger partial charge in [-0.05, 0) is 30.5 Å². The van der Waals surface area contributed by atoms with E-state index in [0.717, 1.165) is 11.1 Å². The van der Waals surface area contributed by atoms with Gasteiger partial charge in [0.2, 0.25) is 0 Å². The first-order valence-corrected chi connectivity index (χ1v) is 5.52. The normalized spacial score (nSPS) is 11.8. The van der Waals surface area contributed by atoms with Crippen molar-refractivity contribution in [3.63, 3.8) is 0 Å². The first-order chi connectivity index (χ1) is 7.88. The molecule has 0 amide bonds. The Morgan fingerprint density at radius 3 is 2.47 bits per heavy atom. The van der Waals surface area contributed by atoms with Gasteiger partial charge in [-0.3, -0.25) is 0 Å². The zero-order chi connectivity index (χ0) is 12.6. The number of benzene rings is 1. The third kappa shape index (κ3) is 2.30. The SMILES string of the molecule is Cc1noc(-c2ccc(O)c(C(C)(C)C)c2)n1. The standard InChI is InChI=1S/C13H16N2O2/c1-8-14-12(17-15-8)9-5-6-11(16)10(7-9)13(2,3)4/h5-7,16H,1-4H3. The molecule has 1 aromatic heterocycles. The molecule has 0 spiro atoms. The molecule has 0 saturated carbocycles. The molecule has 0 aliphatic rings. The van der Waals surface area contributed by atoms with Crippen LogP contribution in [0.3, 0.4) is 0 Å². The van der Waals surface area contributed by atoms with E-state index >= 15 is 0 Å². The van der Waals surface area contributed by atoms with Gasteiger partial charge in [-0.15, -0.1) is 0 Å². The van der Waals surface area contributed by atoms with Crippen LogP contribution in [-0.2, 0) is 5.41 Å². The molecule has 4 nitrogen and oxygen atoms in total. The van der Waals surface area contributed by atoms with Crippen molar-refractivity contribution < 1.29 is 9.63 Å². The minimum absolute atomic E-state index is 0.130. The highest BCUT2D eigenvalue weighted by Crippen LogP contribution is 2.33. The minimum Gasteiger partial charge on any atom is -0.508 e. The maximum absolute atomic E-state index is 9.86. The molecular weight excluding hydrogens is 216 g/mol. The molecule has 90 valence electrons. The first kappa shape index (κ1) is 11.6. The number of aromatic nitrogens is 2. The molecule has 0 aliphatic heterocycles. The van der Waals surface area contributed by atoms with Gasteiger partial charge in [0, 0.05) is 11.1 Å². The Labute approximate surface area is 100 Å². The fourth-order valence-corrected chi connectivity index (χ4v) is 1.68. The lowest BCUT2D eigenvalue weighted by atomic mass is 9.85. The summed E-state index contributed by atoms with van der Waals surface area (Å²) < 4.78 is 5.12. The molecule has 2 aromatic rings. The zero-order valence-corrected chi connectivity index (χ0v) is 10.5. The number of nitrogens with zero attached hydrogens (tertiary/aromatic N) is 2. The predicted octanol–water partition coefficient (Wildman–Crippen LogP) is 3.05. The first-order valence-electron chi connectivity index (χ1n) is 5.52. The van der Waals surface area contributed by atoms with Gasteiger partial charge in [0.15, 0.2) is 5.82 Å². The summed E-state index contributed by atoms with van der Waals surface area (Å²) in [7, 11) is 0. The van der Waals surface area contributed by atoms with E-state index in [-0.39, 0.29) is 11.2 Å². The second-order valence-corrected chi connectivity index (χ2v) is 5.13. The Morgan fingerprint density at radius 2 is 1.94 bits per heavy atom. The Hall–Kier alpha value is -1.84. The van der Waals surface area contributed by atoms with Gasteiger partial charge in [0.25, 0.3) is 5.89 Å². The summed E-state index contributed by atoms with van der Waals surface area (Å²) >= 11 is 0. The van der Waals surface area contributed by atoms with Crippen molar-refractivity contribution in [3.05, 3.63) is 29.6 Å². The van der Waals surface area contributed by atoms with Crippen molar-refractivity contribution in [2.75, 3.05) is 0 Å². The fraction of sp³-hybridized carbons (Fsp3) is 0.385. The van der Waals surface area contributed by atoms with Crippen molar-refractivity contribution in [2.45, 2.75) is 33.1 Å². The Kier molecular flexibility index (Phi) is 2.65. The number of phenols is 1. The molecule has 17 heavy (non-hydrogen) atoms. The molecule has 0 radical (unpaired) electrons. The van der Waals surface area contributed by atoms with E-state index in [9.17, 15) is 5.11 Å². The van der Waals surface area contributed by atoms with Gasteiger partial charge >= 0.3 is 0 Å². The van der Waals surface area contributed by atoms with Crippen LogP contribution in [0.15, 0.2) is 22.7 Å². The molecule has 0 atom stereocenters. The van der Waals surface area contributed by atoms with Crippen LogP contribution in [0.25, 0.3) is 11.5 Å². The molecule has 1 N–H and O–H groups in total. The maximum atomic E-state index is 9.86. The highest BCUT2D eigenvalue weighted by molar-refractivity contribution is 5.58. The van der Waals surface area contributed by atoms with Crippen LogP contribution in [0.1, 0.15) is 32.2 Å². The van der Waals surface area contributed by atoms with Crippen LogP contribution in [0.4, 0.5) is 0 Å². The molecular formula is C13H16N2O2. The quantitative estimate of drug-likeness (QED) is 0.821. The molecule has 0 unspecified atom stereocenters. The van der Waals surface area contributed by atoms with E-state index < -0.39 is 0 Å². The summed E-state index contributed by atoms with van der Waals surface area (Å²) in [6, 6.07) is 5.33. The number of hydrogen-bond acceptors (Lipinski definition) is 4. The topological polar surface area (TPSA) is 59.2 Å². The summed E-state index contributed by atoms with van der Waals surface area (Å²) in [5.41, 5.74) is 1.56. The number of phenolic OH excluding ortho intramolecular Hbond substituents is 1. The largest absolute Gasteiger partial charge is 0.508 e. The lowest BCUT2D eigenvalue weighted by molar-refractivity contribution is 0.424. The monoisotopic (exact) mass is 232 g/mol. The highest BCUT2D eigenvalue weighted by Gasteiger charge is 2.19. The Bertz CT molecular complexity index is 539. The summed E-state index contributed by atoms with van der Waals surface area (Å²) in [6.07, 6.45) is 0. The predicted molar refractivity (Wildman–Crippen MR) is 64.8 cm³/mol. The van der Waals surface area contributed by atoms with Gasteiger partial charge in [-0.1, -0.05) is 25.9 Å². The molecule has 1 aromatic carbocycles. The van der Waals surface area contributed by atoms with E-state index in [1.54, 1.807) is 19.1 Å². The van der Waals surface area contributed by atoms with Gasteiger partial charge < -0.3 is 9.63 Å². The summed E-state index contributed by atoms with van der Waals surface area (Å²) in [5, 5.41) is 13.6. The van der Waals surface area contributed by atoms with E-state index in [0.29, 0.717) is 11.7 Å². The summed E-state index contributed by atoms with van der Waals surface area (Å²) in [6.45, 7) is 7.92. The van der Waals surface area contributed by atoms with Gasteiger partial charge in [-0.2, -0.15) is 4.98 Å². The van der Waals surface area contributed by atoms with E-state index in [2.05, 4.69) is 10.1 Å². The van der Waals surface area contributed by atoms with Crippen molar-refractivity contribution in [3.8, 4) is 17.2 Å². The second kappa shape index (κ2) is 3.87. The number of rotatable bonds is 1. The van der Waals surface area contributed by atoms with Crippen LogP contribution in [0, 0.1) is 6.92 Å². The summed E-state index contributed by atoms with van der Waals surface area (Å²) in [5.74, 6) is 1.37. The van der Waals surface area contributed by atoms with E-state index in [1.165, 1.54) is 0 Å². The number of hydrogen-bond donors (Lipinski definition) is 1. The average molecular weight is 232 g/mol. The molecule has 4 heteroatoms. The number of aryl methyl sites for hydroxylation is 1. The maximum Gasteiger partial charge on any atom is 0.257 e. The third-order valence-corrected chi connectivity index (χ3v) is 2.58. The van der Waals surface area contributed by atoms with Crippen molar-refractivity contribution >= 4 is 0 Å². The van der Waals surface area contributed by atoms with Crippen molar-refractivity contribution in [1.82, 2.24) is 10.1 Å². The van der Waals surface area contributed by atoms with Gasteiger partial charge in [0.05, 0.1) is 0 Å². The van der Waals surface area contributed by atoms with Crippen LogP contribution in [0.5, 0.6) is 5.75 Å². The lowest BCUT2D eigenvalue weighted by Crippen LogP contribution is -2.11. The van der Waals surface area contributed by atoms with Crippen LogP contribution in [0.2, 0.25) is 0 Å². The number of aromatic hydroxyl groups is 1. The average Bonchev–Trinajstić information content (AvgIpc) is 2.64. The Balaban J connectivity index is 2.51. The molecule has 0 fully saturated rings. The van der Waals surface area contributed by atoms with Crippen LogP contribution in [-0.4, -0.2) is 15.2 Å². The Morgan fingerprint density at radius 1 is 1.24 bits per heavy atom. The second-order valence-electron chi connectivity index (χ2n) is 5.13. The molecule has 0 bridgehead atoms. The third-order valence-electron chi connectivity index (χ3n) is 2.58. The fourth-order valence-electron chi connectivity index (χ4n) is 1.68. The van der Waals surface area contributed by atoms with Crippen molar-refractivity contribution in [2.24, 2.45) is 0 Å². The van der Waals surface area contributed by atoms with Crippen molar-refractivity contribution in [1.29, 1.82) is 0 Å². The molecule has 0 aliphatic carbocycles. The zero-order valence-electron chi connectivity index (χ0n) is 10.5. The molecule has 1 heterocycles. The molecule has 0 saturated heterocycles. The van der Waals surface area contributed by atoms with Gasteiger partial charge in [0.1, 0.15) is 5.75 Å². The minimum atomic E-state index is -0.130. The lowest BCUT2D eigenvalue weighted by Gasteiger charge is -2.20.